The van der Waals surface area contributed by atoms with Gasteiger partial charge in [0, 0.05) is 19.7 Å². The van der Waals surface area contributed by atoms with Crippen LogP contribution in [0.3, 0.4) is 0 Å². The Kier molecular flexibility index (Phi) is 7.13. The van der Waals surface area contributed by atoms with Gasteiger partial charge in [-0.1, -0.05) is 0 Å². The van der Waals surface area contributed by atoms with Crippen LogP contribution in [0.15, 0.2) is 0 Å². The van der Waals surface area contributed by atoms with Crippen molar-refractivity contribution in [2.45, 2.75) is 25.4 Å². The van der Waals surface area contributed by atoms with Crippen molar-refractivity contribution >= 4 is 29.1 Å². The zero-order valence-corrected chi connectivity index (χ0v) is 10.9. The van der Waals surface area contributed by atoms with Crippen LogP contribution in [0.2, 0.25) is 0 Å². The summed E-state index contributed by atoms with van der Waals surface area (Å²) in [5.74, 6) is 1.18. The van der Waals surface area contributed by atoms with Crippen molar-refractivity contribution < 1.29 is 4.74 Å². The van der Waals surface area contributed by atoms with Crippen molar-refractivity contribution in [3.05, 3.63) is 0 Å². The molecule has 1 heterocycles. The molecule has 0 amide bonds. The monoisotopic (exact) mass is 248 g/mol. The molecule has 0 radical (unpaired) electrons. The van der Waals surface area contributed by atoms with Gasteiger partial charge < -0.3 is 15.4 Å². The van der Waals surface area contributed by atoms with Crippen LogP contribution in [0.1, 0.15) is 19.3 Å². The molecule has 1 aliphatic rings. The number of hydrogen-bond acceptors (Lipinski definition) is 3. The van der Waals surface area contributed by atoms with Crippen molar-refractivity contribution in [2.75, 3.05) is 31.7 Å². The number of thiocarbonyl (C=S) groups is 1. The summed E-state index contributed by atoms with van der Waals surface area (Å²) in [7, 11) is 0. The number of rotatable bonds is 6. The van der Waals surface area contributed by atoms with Crippen LogP contribution in [0.4, 0.5) is 0 Å². The summed E-state index contributed by atoms with van der Waals surface area (Å²) < 4.78 is 5.49. The SMILES string of the molecule is CSCCCNC(=S)NCC1CCCO1. The Bertz CT molecular complexity index is 184. The van der Waals surface area contributed by atoms with E-state index in [1.807, 2.05) is 11.8 Å². The molecular weight excluding hydrogens is 228 g/mol. The first-order valence-corrected chi connectivity index (χ1v) is 7.25. The maximum atomic E-state index is 5.49. The lowest BCUT2D eigenvalue weighted by Crippen LogP contribution is -2.39. The van der Waals surface area contributed by atoms with Crippen molar-refractivity contribution in [1.29, 1.82) is 0 Å². The van der Waals surface area contributed by atoms with Crippen molar-refractivity contribution in [3.8, 4) is 0 Å². The maximum Gasteiger partial charge on any atom is 0.166 e. The van der Waals surface area contributed by atoms with Crippen molar-refractivity contribution in [3.63, 3.8) is 0 Å². The molecule has 0 bridgehead atoms. The van der Waals surface area contributed by atoms with Crippen LogP contribution < -0.4 is 10.6 Å². The van der Waals surface area contributed by atoms with E-state index in [0.29, 0.717) is 6.10 Å². The fraction of sp³-hybridized carbons (Fsp3) is 0.900. The molecular formula is C10H20N2OS2. The van der Waals surface area contributed by atoms with E-state index in [4.69, 9.17) is 17.0 Å². The van der Waals surface area contributed by atoms with Crippen LogP contribution in [0.5, 0.6) is 0 Å². The van der Waals surface area contributed by atoms with Gasteiger partial charge in [-0.3, -0.25) is 0 Å². The third-order valence-corrected chi connectivity index (χ3v) is 3.31. The average Bonchev–Trinajstić information content (AvgIpc) is 2.74. The molecule has 0 aromatic rings. The van der Waals surface area contributed by atoms with Gasteiger partial charge in [0.25, 0.3) is 0 Å². The third kappa shape index (κ3) is 6.22. The lowest BCUT2D eigenvalue weighted by atomic mass is 10.2. The van der Waals surface area contributed by atoms with Gasteiger partial charge >= 0.3 is 0 Å². The van der Waals surface area contributed by atoms with E-state index in [2.05, 4.69) is 16.9 Å². The van der Waals surface area contributed by atoms with Crippen molar-refractivity contribution in [1.82, 2.24) is 10.6 Å². The normalized spacial score (nSPS) is 20.2. The summed E-state index contributed by atoms with van der Waals surface area (Å²) in [6.07, 6.45) is 5.97. The second-order valence-electron chi connectivity index (χ2n) is 3.62. The minimum absolute atomic E-state index is 0.357. The van der Waals surface area contributed by atoms with E-state index >= 15 is 0 Å². The number of thioether (sulfide) groups is 1. The lowest BCUT2D eigenvalue weighted by Gasteiger charge is -2.13. The van der Waals surface area contributed by atoms with E-state index in [0.717, 1.165) is 37.7 Å². The Labute approximate surface area is 102 Å². The highest BCUT2D eigenvalue weighted by Crippen LogP contribution is 2.10. The summed E-state index contributed by atoms with van der Waals surface area (Å²) in [5.41, 5.74) is 0. The van der Waals surface area contributed by atoms with Crippen LogP contribution >= 0.6 is 24.0 Å². The van der Waals surface area contributed by atoms with Gasteiger partial charge in [0.1, 0.15) is 0 Å². The Balaban J connectivity index is 1.93. The molecule has 0 spiro atoms. The van der Waals surface area contributed by atoms with E-state index in [1.165, 1.54) is 12.2 Å². The minimum Gasteiger partial charge on any atom is -0.376 e. The molecule has 0 aromatic heterocycles. The standard InChI is InChI=1S/C10H20N2OS2/c1-15-7-3-5-11-10(14)12-8-9-4-2-6-13-9/h9H,2-8H2,1H3,(H2,11,12,14). The fourth-order valence-corrected chi connectivity index (χ4v) is 2.11. The van der Waals surface area contributed by atoms with E-state index in [-0.39, 0.29) is 0 Å². The molecule has 1 atom stereocenters. The minimum atomic E-state index is 0.357. The van der Waals surface area contributed by atoms with Crippen LogP contribution in [0.25, 0.3) is 0 Å². The van der Waals surface area contributed by atoms with Crippen LogP contribution in [0, 0.1) is 0 Å². The van der Waals surface area contributed by atoms with Crippen LogP contribution in [-0.4, -0.2) is 42.9 Å². The molecule has 1 fully saturated rings. The van der Waals surface area contributed by atoms with E-state index in [1.54, 1.807) is 0 Å². The maximum absolute atomic E-state index is 5.49. The highest BCUT2D eigenvalue weighted by Gasteiger charge is 2.14. The molecule has 0 aromatic carbocycles. The molecule has 15 heavy (non-hydrogen) atoms. The first-order valence-electron chi connectivity index (χ1n) is 5.45. The molecule has 88 valence electrons. The smallest absolute Gasteiger partial charge is 0.166 e. The Morgan fingerprint density at radius 3 is 3.07 bits per heavy atom. The molecule has 1 aliphatic heterocycles. The largest absolute Gasteiger partial charge is 0.376 e. The second kappa shape index (κ2) is 8.19. The number of ether oxygens (including phenoxy) is 1. The Morgan fingerprint density at radius 2 is 2.40 bits per heavy atom. The Hall–Kier alpha value is -0.0000000000000000486. The highest BCUT2D eigenvalue weighted by molar-refractivity contribution is 7.98. The first-order chi connectivity index (χ1) is 7.33. The third-order valence-electron chi connectivity index (χ3n) is 2.33. The zero-order valence-electron chi connectivity index (χ0n) is 9.25. The van der Waals surface area contributed by atoms with Gasteiger partial charge in [0.05, 0.1) is 6.10 Å². The van der Waals surface area contributed by atoms with Gasteiger partial charge in [-0.2, -0.15) is 11.8 Å². The van der Waals surface area contributed by atoms with E-state index < -0.39 is 0 Å². The van der Waals surface area contributed by atoms with Gasteiger partial charge in [0.15, 0.2) is 5.11 Å². The lowest BCUT2D eigenvalue weighted by molar-refractivity contribution is 0.114. The van der Waals surface area contributed by atoms with Gasteiger partial charge in [-0.25, -0.2) is 0 Å². The quantitative estimate of drug-likeness (QED) is 0.548. The molecule has 0 aliphatic carbocycles. The molecule has 0 saturated carbocycles. The highest BCUT2D eigenvalue weighted by atomic mass is 32.2. The average molecular weight is 248 g/mol. The fourth-order valence-electron chi connectivity index (χ4n) is 1.49. The van der Waals surface area contributed by atoms with Gasteiger partial charge in [-0.05, 0) is 43.5 Å². The first kappa shape index (κ1) is 13.1. The predicted molar refractivity (Wildman–Crippen MR) is 70.6 cm³/mol. The van der Waals surface area contributed by atoms with Crippen molar-refractivity contribution in [2.24, 2.45) is 0 Å². The summed E-state index contributed by atoms with van der Waals surface area (Å²) in [6.45, 7) is 2.70. The summed E-state index contributed by atoms with van der Waals surface area (Å²) >= 11 is 7.02. The summed E-state index contributed by atoms with van der Waals surface area (Å²) in [4.78, 5) is 0. The molecule has 1 unspecified atom stereocenters. The predicted octanol–water partition coefficient (Wildman–Crippen LogP) is 1.38. The van der Waals surface area contributed by atoms with Gasteiger partial charge in [0.2, 0.25) is 0 Å². The summed E-state index contributed by atoms with van der Waals surface area (Å²) in [6, 6.07) is 0. The topological polar surface area (TPSA) is 33.3 Å². The Morgan fingerprint density at radius 1 is 1.53 bits per heavy atom. The summed E-state index contributed by atoms with van der Waals surface area (Å²) in [5, 5.41) is 7.14. The molecule has 3 nitrogen and oxygen atoms in total. The van der Waals surface area contributed by atoms with Gasteiger partial charge in [-0.15, -0.1) is 0 Å². The molecule has 5 heteroatoms. The molecule has 2 N–H and O–H groups in total. The zero-order chi connectivity index (χ0) is 10.9. The number of hydrogen-bond donors (Lipinski definition) is 2. The number of nitrogens with one attached hydrogen (secondary N) is 2. The second-order valence-corrected chi connectivity index (χ2v) is 5.01. The molecule has 1 rings (SSSR count). The van der Waals surface area contributed by atoms with Crippen LogP contribution in [-0.2, 0) is 4.74 Å². The molecule has 1 saturated heterocycles. The van der Waals surface area contributed by atoms with E-state index in [9.17, 15) is 0 Å².